The van der Waals surface area contributed by atoms with Crippen LogP contribution in [-0.4, -0.2) is 57.6 Å². The van der Waals surface area contributed by atoms with Crippen molar-refractivity contribution < 1.29 is 33.0 Å². The van der Waals surface area contributed by atoms with Gasteiger partial charge in [-0.1, -0.05) is 65.0 Å². The zero-order valence-corrected chi connectivity index (χ0v) is 34.6. The molecule has 1 aliphatic heterocycles. The number of benzene rings is 1. The summed E-state index contributed by atoms with van der Waals surface area (Å²) in [6.07, 6.45) is 9.63. The number of nitrogens with zero attached hydrogens (tertiary/aromatic N) is 1. The van der Waals surface area contributed by atoms with E-state index >= 15 is 0 Å². The van der Waals surface area contributed by atoms with Crippen LogP contribution in [-0.2, 0) is 9.53 Å². The Balaban J connectivity index is 1.18. The van der Waals surface area contributed by atoms with Crippen molar-refractivity contribution in [3.63, 3.8) is 0 Å². The van der Waals surface area contributed by atoms with Crippen molar-refractivity contribution in [2.75, 3.05) is 6.54 Å². The normalized spacial score (nSPS) is 40.1. The van der Waals surface area contributed by atoms with Gasteiger partial charge in [0.15, 0.2) is 0 Å². The topological polar surface area (TPSA) is 95.9 Å². The number of carbonyl (C=O) groups is 3. The lowest BCUT2D eigenvalue weighted by molar-refractivity contribution is -0.219. The first kappa shape index (κ1) is 40.0. The zero-order valence-electron chi connectivity index (χ0n) is 34.6. The summed E-state index contributed by atoms with van der Waals surface area (Å²) in [7, 11) is 0. The third-order valence-corrected chi connectivity index (χ3v) is 16.7. The lowest BCUT2D eigenvalue weighted by Crippen LogP contribution is -2.69. The third-order valence-electron chi connectivity index (χ3n) is 16.7. The van der Waals surface area contributed by atoms with E-state index in [2.05, 4.69) is 59.5 Å². The molecule has 55 heavy (non-hydrogen) atoms. The maximum atomic E-state index is 15.0. The van der Waals surface area contributed by atoms with E-state index < -0.39 is 54.0 Å². The average molecular weight is 763 g/mol. The number of likely N-dealkylation sites (tertiary alicyclic amines) is 1. The summed E-state index contributed by atoms with van der Waals surface area (Å²) >= 11 is 0. The second-order valence-corrected chi connectivity index (χ2v) is 20.9. The minimum atomic E-state index is -3.17. The van der Waals surface area contributed by atoms with Crippen LogP contribution in [0.1, 0.15) is 142 Å². The highest BCUT2D eigenvalue weighted by molar-refractivity contribution is 5.88. The molecule has 0 aromatic heterocycles. The molecule has 0 radical (unpaired) electrons. The number of hydrogen-bond donors (Lipinski definition) is 2. The van der Waals surface area contributed by atoms with Crippen LogP contribution in [0, 0.1) is 51.2 Å². The molecule has 4 saturated carbocycles. The fourth-order valence-electron chi connectivity index (χ4n) is 14.1. The summed E-state index contributed by atoms with van der Waals surface area (Å²) in [5, 5.41) is 12.9. The van der Waals surface area contributed by atoms with Gasteiger partial charge in [0.1, 0.15) is 11.6 Å². The van der Waals surface area contributed by atoms with Crippen LogP contribution in [0.2, 0.25) is 0 Å². The van der Waals surface area contributed by atoms with E-state index in [1.165, 1.54) is 5.57 Å². The Morgan fingerprint density at radius 2 is 1.58 bits per heavy atom. The Morgan fingerprint density at radius 3 is 2.20 bits per heavy atom. The molecule has 0 spiro atoms. The fourth-order valence-corrected chi connectivity index (χ4v) is 14.1. The summed E-state index contributed by atoms with van der Waals surface area (Å²) in [6, 6.07) is 6.09. The van der Waals surface area contributed by atoms with Gasteiger partial charge < -0.3 is 15.2 Å². The molecule has 1 aromatic carbocycles. The molecule has 1 heterocycles. The Bertz CT molecular complexity index is 1800. The first-order valence-corrected chi connectivity index (χ1v) is 20.8. The van der Waals surface area contributed by atoms with E-state index in [0.29, 0.717) is 23.3 Å². The van der Waals surface area contributed by atoms with Crippen LogP contribution in [0.25, 0.3) is 5.57 Å². The lowest BCUT2D eigenvalue weighted by Gasteiger charge is -2.72. The van der Waals surface area contributed by atoms with Gasteiger partial charge in [0, 0.05) is 12.0 Å². The number of fused-ring (bicyclic) bond motifs is 7. The van der Waals surface area contributed by atoms with E-state index in [1.807, 2.05) is 12.1 Å². The number of ether oxygens (including phenoxy) is 1. The van der Waals surface area contributed by atoms with Crippen LogP contribution in [0.3, 0.4) is 0 Å². The SMILES string of the molecule is C=C(C)[C@@H]1CC[C@]2(NC(=O)C3CC(F)(F)CN3C(=O)OC(C)(C)C)CC[C@]3(C)[C@H](CC[C@@H]4[C@@]5(C)CC=C(c6ccc(C(=O)O)cc6)C(C)(C)[C@@H]5CC[C@]43C)[C@@H]12. The molecule has 1 aromatic rings. The third kappa shape index (κ3) is 6.18. The van der Waals surface area contributed by atoms with Gasteiger partial charge in [-0.3, -0.25) is 9.69 Å². The smallest absolute Gasteiger partial charge is 0.411 e. The van der Waals surface area contributed by atoms with Crippen molar-refractivity contribution in [2.24, 2.45) is 51.2 Å². The largest absolute Gasteiger partial charge is 0.478 e. The number of allylic oxidation sites excluding steroid dienone is 3. The Morgan fingerprint density at radius 1 is 0.909 bits per heavy atom. The summed E-state index contributed by atoms with van der Waals surface area (Å²) in [6.45, 7) is 23.3. The molecule has 10 atom stereocenters. The zero-order chi connectivity index (χ0) is 40.3. The van der Waals surface area contributed by atoms with Gasteiger partial charge in [-0.2, -0.15) is 0 Å². The van der Waals surface area contributed by atoms with Crippen molar-refractivity contribution in [1.29, 1.82) is 0 Å². The number of carboxylic acid groups (broad SMARTS) is 1. The van der Waals surface area contributed by atoms with Crippen LogP contribution >= 0.6 is 0 Å². The summed E-state index contributed by atoms with van der Waals surface area (Å²) in [5.41, 5.74) is 2.48. The van der Waals surface area contributed by atoms with E-state index in [0.717, 1.165) is 73.8 Å². The average Bonchev–Trinajstić information content (AvgIpc) is 3.62. The highest BCUT2D eigenvalue weighted by Gasteiger charge is 2.71. The van der Waals surface area contributed by atoms with Gasteiger partial charge in [-0.15, -0.1) is 0 Å². The first-order chi connectivity index (χ1) is 25.4. The number of carbonyl (C=O) groups excluding carboxylic acids is 2. The van der Waals surface area contributed by atoms with Crippen molar-refractivity contribution in [1.82, 2.24) is 10.2 Å². The maximum absolute atomic E-state index is 15.0. The molecule has 7 nitrogen and oxygen atoms in total. The molecule has 2 N–H and O–H groups in total. The quantitative estimate of drug-likeness (QED) is 0.291. The van der Waals surface area contributed by atoms with E-state index in [4.69, 9.17) is 4.74 Å². The number of halogens is 2. The molecule has 5 aliphatic carbocycles. The molecule has 1 unspecified atom stereocenters. The molecule has 2 amide bonds. The fraction of sp³-hybridized carbons (Fsp3) is 0.717. The number of alkyl halides is 2. The van der Waals surface area contributed by atoms with Gasteiger partial charge in [0.25, 0.3) is 5.92 Å². The van der Waals surface area contributed by atoms with Crippen LogP contribution < -0.4 is 5.32 Å². The number of hydrogen-bond acceptors (Lipinski definition) is 4. The second kappa shape index (κ2) is 12.9. The van der Waals surface area contributed by atoms with Gasteiger partial charge >= 0.3 is 12.1 Å². The van der Waals surface area contributed by atoms with Crippen LogP contribution in [0.4, 0.5) is 13.6 Å². The highest BCUT2D eigenvalue weighted by atomic mass is 19.3. The standard InChI is InChI=1S/C46H64F2N2O5/c1-27(2)30-17-22-45(49-37(51)33-25-46(47,48)26-50(33)39(54)55-40(3,4)5)24-23-43(9)32(36(30)45)15-16-35-42(8)20-18-31(28-11-13-29(14-12-28)38(52)53)41(6,7)34(42)19-21-44(35,43)10/h11-14,18,30,32-36H,1,15-17,19-26H2,2-10H3,(H,49,51)(H,52,53)/t30-,32+,33?,34-,35+,36+,42-,43+,44+,45-/m0/s1. The van der Waals surface area contributed by atoms with E-state index in [-0.39, 0.29) is 33.5 Å². The van der Waals surface area contributed by atoms with Crippen molar-refractivity contribution in [3.05, 3.63) is 53.6 Å². The van der Waals surface area contributed by atoms with Gasteiger partial charge in [-0.25, -0.2) is 18.4 Å². The Kier molecular flexibility index (Phi) is 9.37. The molecule has 6 aliphatic rings. The molecule has 0 bridgehead atoms. The molecular formula is C46H64F2N2O5. The number of aromatic carboxylic acids is 1. The summed E-state index contributed by atoms with van der Waals surface area (Å²) in [4.78, 5) is 40.0. The Hall–Kier alpha value is -3.23. The van der Waals surface area contributed by atoms with Crippen molar-refractivity contribution in [3.8, 4) is 0 Å². The first-order valence-electron chi connectivity index (χ1n) is 20.8. The van der Waals surface area contributed by atoms with E-state index in [1.54, 1.807) is 32.9 Å². The molecule has 5 fully saturated rings. The number of amides is 2. The second-order valence-electron chi connectivity index (χ2n) is 20.9. The van der Waals surface area contributed by atoms with Gasteiger partial charge in [0.2, 0.25) is 5.91 Å². The molecule has 1 saturated heterocycles. The van der Waals surface area contributed by atoms with E-state index in [9.17, 15) is 28.3 Å². The number of carboxylic acids is 1. The maximum Gasteiger partial charge on any atom is 0.411 e. The van der Waals surface area contributed by atoms with Crippen LogP contribution in [0.5, 0.6) is 0 Å². The number of rotatable bonds is 5. The predicted octanol–water partition coefficient (Wildman–Crippen LogP) is 10.5. The van der Waals surface area contributed by atoms with Gasteiger partial charge in [0.05, 0.1) is 12.1 Å². The van der Waals surface area contributed by atoms with Crippen molar-refractivity contribution in [2.45, 2.75) is 150 Å². The van der Waals surface area contributed by atoms with Crippen molar-refractivity contribution >= 4 is 23.5 Å². The Labute approximate surface area is 327 Å². The summed E-state index contributed by atoms with van der Waals surface area (Å²) in [5.74, 6) is -2.93. The highest BCUT2D eigenvalue weighted by Crippen LogP contribution is 2.76. The molecule has 9 heteroatoms. The molecule has 7 rings (SSSR count). The van der Waals surface area contributed by atoms with Crippen LogP contribution in [0.15, 0.2) is 42.5 Å². The minimum absolute atomic E-state index is 0.00453. The molecule has 302 valence electrons. The lowest BCUT2D eigenvalue weighted by atomic mass is 9.33. The summed E-state index contributed by atoms with van der Waals surface area (Å²) < 4.78 is 35.4. The minimum Gasteiger partial charge on any atom is -0.478 e. The predicted molar refractivity (Wildman–Crippen MR) is 210 cm³/mol. The number of nitrogens with one attached hydrogen (secondary N) is 1. The van der Waals surface area contributed by atoms with Gasteiger partial charge in [-0.05, 0) is 160 Å². The monoisotopic (exact) mass is 762 g/mol. The molecular weight excluding hydrogens is 699 g/mol.